The maximum Gasteiger partial charge on any atom is 0.412 e. The first kappa shape index (κ1) is 21.0. The van der Waals surface area contributed by atoms with Crippen molar-refractivity contribution in [2.45, 2.75) is 20.0 Å². The summed E-state index contributed by atoms with van der Waals surface area (Å²) in [6, 6.07) is 7.04. The van der Waals surface area contributed by atoms with Crippen molar-refractivity contribution in [2.75, 3.05) is 33.3 Å². The molecular weight excluding hydrogens is 392 g/mol. The van der Waals surface area contributed by atoms with Crippen LogP contribution in [0.2, 0.25) is 0 Å². The van der Waals surface area contributed by atoms with Gasteiger partial charge in [-0.1, -0.05) is 6.92 Å². The van der Waals surface area contributed by atoms with Crippen LogP contribution in [0, 0.1) is 0 Å². The van der Waals surface area contributed by atoms with Gasteiger partial charge in [0.05, 0.1) is 34.1 Å². The van der Waals surface area contributed by atoms with E-state index in [1.54, 1.807) is 51.8 Å². The Bertz CT molecular complexity index is 995. The molecule has 1 N–H and O–H groups in total. The summed E-state index contributed by atoms with van der Waals surface area (Å²) in [5.41, 5.74) is 1.37. The van der Waals surface area contributed by atoms with E-state index in [1.165, 1.54) is 4.52 Å². The number of hydrogen-bond acceptors (Lipinski definition) is 8. The number of benzene rings is 1. The molecule has 1 amide bonds. The van der Waals surface area contributed by atoms with Gasteiger partial charge in [0.25, 0.3) is 0 Å². The van der Waals surface area contributed by atoms with Gasteiger partial charge >= 0.3 is 6.09 Å². The normalized spacial score (nSPS) is 10.5. The lowest BCUT2D eigenvalue weighted by molar-refractivity contribution is 0.161. The molecule has 0 bridgehead atoms. The lowest BCUT2D eigenvalue weighted by Gasteiger charge is -2.14. The van der Waals surface area contributed by atoms with Gasteiger partial charge in [0, 0.05) is 6.07 Å². The van der Waals surface area contributed by atoms with Gasteiger partial charge in [-0.25, -0.2) is 14.3 Å². The molecule has 0 saturated carbocycles. The van der Waals surface area contributed by atoms with E-state index < -0.39 is 6.09 Å². The minimum absolute atomic E-state index is 0.234. The van der Waals surface area contributed by atoms with Crippen LogP contribution in [0.3, 0.4) is 0 Å². The first-order valence-corrected chi connectivity index (χ1v) is 9.29. The molecule has 3 rings (SSSR count). The molecule has 2 aromatic heterocycles. The second-order valence-corrected chi connectivity index (χ2v) is 6.18. The largest absolute Gasteiger partial charge is 0.493 e. The van der Waals surface area contributed by atoms with E-state index in [4.69, 9.17) is 23.7 Å². The standard InChI is InChI=1S/C20H24N4O6/c1-5-8-29-20(25)22-16-11-24-17(21-16)6-7-18(23-24)30-12-13-9-14(26-2)19(28-4)15(10-13)27-3/h6-7,9-11H,5,8,12H2,1-4H3,(H,22,25). The highest BCUT2D eigenvalue weighted by atomic mass is 16.5. The van der Waals surface area contributed by atoms with E-state index in [0.29, 0.717) is 41.2 Å². The third-order valence-corrected chi connectivity index (χ3v) is 4.07. The van der Waals surface area contributed by atoms with E-state index in [9.17, 15) is 4.79 Å². The molecule has 0 unspecified atom stereocenters. The smallest absolute Gasteiger partial charge is 0.412 e. The molecule has 0 fully saturated rings. The van der Waals surface area contributed by atoms with E-state index in [2.05, 4.69) is 15.4 Å². The van der Waals surface area contributed by atoms with Crippen LogP contribution in [0.25, 0.3) is 5.65 Å². The summed E-state index contributed by atoms with van der Waals surface area (Å²) >= 11 is 0. The zero-order valence-electron chi connectivity index (χ0n) is 17.3. The summed E-state index contributed by atoms with van der Waals surface area (Å²) in [4.78, 5) is 15.9. The van der Waals surface area contributed by atoms with E-state index >= 15 is 0 Å². The molecule has 10 heteroatoms. The Morgan fingerprint density at radius 2 is 1.83 bits per heavy atom. The molecule has 0 aliphatic rings. The van der Waals surface area contributed by atoms with Crippen LogP contribution < -0.4 is 24.3 Å². The second kappa shape index (κ2) is 9.68. The van der Waals surface area contributed by atoms with Crippen LogP contribution in [0.15, 0.2) is 30.5 Å². The summed E-state index contributed by atoms with van der Waals surface area (Å²) in [6.07, 6.45) is 1.76. The van der Waals surface area contributed by atoms with E-state index in [0.717, 1.165) is 12.0 Å². The summed E-state index contributed by atoms with van der Waals surface area (Å²) < 4.78 is 28.3. The van der Waals surface area contributed by atoms with Crippen molar-refractivity contribution in [3.8, 4) is 23.1 Å². The van der Waals surface area contributed by atoms with Crippen LogP contribution in [-0.2, 0) is 11.3 Å². The molecule has 3 aromatic rings. The van der Waals surface area contributed by atoms with Crippen LogP contribution in [0.1, 0.15) is 18.9 Å². The molecule has 160 valence electrons. The quantitative estimate of drug-likeness (QED) is 0.566. The van der Waals surface area contributed by atoms with Crippen molar-refractivity contribution in [3.63, 3.8) is 0 Å². The topological polar surface area (TPSA) is 105 Å². The summed E-state index contributed by atoms with van der Waals surface area (Å²) in [7, 11) is 4.66. The first-order valence-electron chi connectivity index (χ1n) is 9.29. The summed E-state index contributed by atoms with van der Waals surface area (Å²) in [5.74, 6) is 2.32. The summed E-state index contributed by atoms with van der Waals surface area (Å²) in [5, 5.41) is 6.92. The van der Waals surface area contributed by atoms with Crippen LogP contribution in [-0.4, -0.2) is 48.6 Å². The zero-order valence-corrected chi connectivity index (χ0v) is 17.3. The Kier molecular flexibility index (Phi) is 6.79. The Morgan fingerprint density at radius 3 is 2.47 bits per heavy atom. The van der Waals surface area contributed by atoms with Gasteiger partial charge in [-0.15, -0.1) is 5.10 Å². The number of anilines is 1. The Morgan fingerprint density at radius 1 is 1.10 bits per heavy atom. The molecule has 2 heterocycles. The highest BCUT2D eigenvalue weighted by Crippen LogP contribution is 2.38. The average molecular weight is 416 g/mol. The number of carbonyl (C=O) groups is 1. The molecule has 0 radical (unpaired) electrons. The van der Waals surface area contributed by atoms with Crippen LogP contribution in [0.5, 0.6) is 23.1 Å². The van der Waals surface area contributed by atoms with Crippen molar-refractivity contribution in [1.82, 2.24) is 14.6 Å². The molecule has 0 aliphatic heterocycles. The highest BCUT2D eigenvalue weighted by Gasteiger charge is 2.14. The number of nitrogens with one attached hydrogen (secondary N) is 1. The average Bonchev–Trinajstić information content (AvgIpc) is 3.16. The number of ether oxygens (including phenoxy) is 5. The van der Waals surface area contributed by atoms with Crippen molar-refractivity contribution >= 4 is 17.6 Å². The van der Waals surface area contributed by atoms with Gasteiger partial charge in [0.2, 0.25) is 11.6 Å². The van der Waals surface area contributed by atoms with Gasteiger partial charge in [-0.3, -0.25) is 5.32 Å². The molecule has 0 aliphatic carbocycles. The van der Waals surface area contributed by atoms with Crippen molar-refractivity contribution in [3.05, 3.63) is 36.0 Å². The number of hydrogen-bond donors (Lipinski definition) is 1. The third kappa shape index (κ3) is 4.83. The Hall–Kier alpha value is -3.69. The maximum atomic E-state index is 11.7. The van der Waals surface area contributed by atoms with Crippen molar-refractivity contribution in [1.29, 1.82) is 0 Å². The number of fused-ring (bicyclic) bond motifs is 1. The molecule has 10 nitrogen and oxygen atoms in total. The van der Waals surface area contributed by atoms with Gasteiger partial charge < -0.3 is 23.7 Å². The van der Waals surface area contributed by atoms with Crippen LogP contribution >= 0.6 is 0 Å². The van der Waals surface area contributed by atoms with E-state index in [1.807, 2.05) is 6.92 Å². The number of nitrogens with zero attached hydrogens (tertiary/aromatic N) is 3. The minimum Gasteiger partial charge on any atom is -0.493 e. The number of aromatic nitrogens is 3. The zero-order chi connectivity index (χ0) is 21.5. The maximum absolute atomic E-state index is 11.7. The molecular formula is C20H24N4O6. The Labute approximate surface area is 173 Å². The number of methoxy groups -OCH3 is 3. The number of imidazole rings is 1. The van der Waals surface area contributed by atoms with Gasteiger partial charge in [0.15, 0.2) is 23.0 Å². The fraction of sp³-hybridized carbons (Fsp3) is 0.350. The highest BCUT2D eigenvalue weighted by molar-refractivity contribution is 5.83. The summed E-state index contributed by atoms with van der Waals surface area (Å²) in [6.45, 7) is 2.50. The molecule has 0 spiro atoms. The van der Waals surface area contributed by atoms with Crippen molar-refractivity contribution in [2.24, 2.45) is 0 Å². The fourth-order valence-corrected chi connectivity index (χ4v) is 2.71. The lowest BCUT2D eigenvalue weighted by Crippen LogP contribution is -2.14. The molecule has 0 atom stereocenters. The number of amides is 1. The fourth-order valence-electron chi connectivity index (χ4n) is 2.71. The predicted octanol–water partition coefficient (Wildman–Crippen LogP) is 3.29. The number of rotatable bonds is 9. The van der Waals surface area contributed by atoms with E-state index in [-0.39, 0.29) is 6.61 Å². The molecule has 0 saturated heterocycles. The number of carbonyl (C=O) groups excluding carboxylic acids is 1. The SMILES string of the molecule is CCCOC(=O)Nc1cn2nc(OCc3cc(OC)c(OC)c(OC)c3)ccc2n1. The van der Waals surface area contributed by atoms with Gasteiger partial charge in [0.1, 0.15) is 6.61 Å². The predicted molar refractivity (Wildman–Crippen MR) is 109 cm³/mol. The minimum atomic E-state index is -0.556. The first-order chi connectivity index (χ1) is 14.6. The Balaban J connectivity index is 1.71. The molecule has 1 aromatic carbocycles. The molecule has 30 heavy (non-hydrogen) atoms. The van der Waals surface area contributed by atoms with Gasteiger partial charge in [-0.2, -0.15) is 0 Å². The van der Waals surface area contributed by atoms with Crippen molar-refractivity contribution < 1.29 is 28.5 Å². The third-order valence-electron chi connectivity index (χ3n) is 4.07. The van der Waals surface area contributed by atoms with Gasteiger partial charge in [-0.05, 0) is 30.2 Å². The monoisotopic (exact) mass is 416 g/mol. The second-order valence-electron chi connectivity index (χ2n) is 6.18. The lowest BCUT2D eigenvalue weighted by atomic mass is 10.2. The van der Waals surface area contributed by atoms with Crippen LogP contribution in [0.4, 0.5) is 10.6 Å².